The van der Waals surface area contributed by atoms with E-state index < -0.39 is 10.0 Å². The number of aryl methyl sites for hydroxylation is 1. The van der Waals surface area contributed by atoms with Crippen LogP contribution in [0.4, 0.5) is 0 Å². The molecule has 1 aromatic rings. The first-order chi connectivity index (χ1) is 6.97. The molecule has 0 saturated carbocycles. The molecule has 0 heterocycles. The maximum atomic E-state index is 11.9. The molecule has 0 aliphatic carbocycles. The van der Waals surface area contributed by atoms with Crippen molar-refractivity contribution in [1.29, 1.82) is 0 Å². The van der Waals surface area contributed by atoms with E-state index in [2.05, 4.69) is 16.4 Å². The van der Waals surface area contributed by atoms with E-state index in [4.69, 9.17) is 0 Å². The summed E-state index contributed by atoms with van der Waals surface area (Å²) in [5.41, 5.74) is 0.737. The van der Waals surface area contributed by atoms with Gasteiger partial charge in [-0.3, -0.25) is 0 Å². The van der Waals surface area contributed by atoms with Gasteiger partial charge in [-0.25, -0.2) is 8.42 Å². The summed E-state index contributed by atoms with van der Waals surface area (Å²) in [7, 11) is -2.27. The Morgan fingerprint density at radius 3 is 2.53 bits per heavy atom. The molecule has 1 N–H and O–H groups in total. The Kier molecular flexibility index (Phi) is 4.51. The molecule has 6 heteroatoms. The highest BCUT2D eigenvalue weighted by Gasteiger charge is 2.18. The lowest BCUT2D eigenvalue weighted by molar-refractivity contribution is 0.581. The van der Waals surface area contributed by atoms with Gasteiger partial charge in [0.05, 0.1) is 10.3 Å². The van der Waals surface area contributed by atoms with E-state index in [9.17, 15) is 8.42 Å². The van der Waals surface area contributed by atoms with Crippen LogP contribution >= 0.6 is 22.5 Å². The van der Waals surface area contributed by atoms with Crippen LogP contribution in [0.2, 0.25) is 0 Å². The van der Waals surface area contributed by atoms with Crippen LogP contribution in [0.15, 0.2) is 29.2 Å². The van der Waals surface area contributed by atoms with Crippen molar-refractivity contribution in [2.75, 3.05) is 0 Å². The Hall–Kier alpha value is -0.170. The lowest BCUT2D eigenvalue weighted by Crippen LogP contribution is -2.30. The summed E-state index contributed by atoms with van der Waals surface area (Å²) in [4.78, 5) is 0.319. The monoisotopic (exact) mass is 263 g/mol. The van der Waals surface area contributed by atoms with Gasteiger partial charge in [0.1, 0.15) is 0 Å². The molecule has 1 aromatic carbocycles. The zero-order chi connectivity index (χ0) is 11.5. The minimum atomic E-state index is -3.42. The number of hydrogen-bond donors (Lipinski definition) is 2. The zero-order valence-electron chi connectivity index (χ0n) is 8.47. The van der Waals surface area contributed by atoms with E-state index in [1.54, 1.807) is 32.0 Å². The van der Waals surface area contributed by atoms with E-state index in [0.717, 1.165) is 16.4 Å². The normalized spacial score (nSPS) is 13.8. The second-order valence-electron chi connectivity index (χ2n) is 3.13. The summed E-state index contributed by atoms with van der Waals surface area (Å²) < 4.78 is 26.2. The Morgan fingerprint density at radius 1 is 1.40 bits per heavy atom. The fourth-order valence-electron chi connectivity index (χ4n) is 1.16. The molecule has 0 spiro atoms. The first-order valence-electron chi connectivity index (χ1n) is 4.35. The quantitative estimate of drug-likeness (QED) is 0.497. The molecule has 0 radical (unpaired) electrons. The molecule has 0 aromatic heterocycles. The fraction of sp³-hybridized carbons (Fsp3) is 0.333. The van der Waals surface area contributed by atoms with Gasteiger partial charge in [0, 0.05) is 0 Å². The summed E-state index contributed by atoms with van der Waals surface area (Å²) in [5, 5.41) is -0.252. The van der Waals surface area contributed by atoms with E-state index in [-0.39, 0.29) is 5.37 Å². The molecule has 0 bridgehead atoms. The lowest BCUT2D eigenvalue weighted by atomic mass is 10.2. The SMILES string of the molecule is Cc1ccccc1S(=O)(=O)NC(C)SS. The van der Waals surface area contributed by atoms with Gasteiger partial charge in [0.25, 0.3) is 0 Å². The largest absolute Gasteiger partial charge is 0.241 e. The Morgan fingerprint density at radius 2 is 2.00 bits per heavy atom. The van der Waals surface area contributed by atoms with E-state index in [1.807, 2.05) is 6.07 Å². The Labute approximate surface area is 99.5 Å². The maximum Gasteiger partial charge on any atom is 0.241 e. The molecule has 1 atom stereocenters. The zero-order valence-corrected chi connectivity index (χ0v) is 11.0. The molecule has 1 unspecified atom stereocenters. The van der Waals surface area contributed by atoms with Crippen LogP contribution < -0.4 is 4.72 Å². The minimum Gasteiger partial charge on any atom is -0.207 e. The molecule has 0 saturated heterocycles. The molecular formula is C9H13NO2S3. The van der Waals surface area contributed by atoms with E-state index >= 15 is 0 Å². The van der Waals surface area contributed by atoms with Crippen LogP contribution in [0, 0.1) is 6.92 Å². The molecular weight excluding hydrogens is 250 g/mol. The summed E-state index contributed by atoms with van der Waals surface area (Å²) in [5.74, 6) is 0. The number of sulfonamides is 1. The van der Waals surface area contributed by atoms with Crippen molar-refractivity contribution in [1.82, 2.24) is 4.72 Å². The van der Waals surface area contributed by atoms with Crippen LogP contribution in [0.3, 0.4) is 0 Å². The molecule has 0 fully saturated rings. The molecule has 3 nitrogen and oxygen atoms in total. The number of thiol groups is 1. The average molecular weight is 263 g/mol. The Balaban J connectivity index is 3.02. The third kappa shape index (κ3) is 3.41. The van der Waals surface area contributed by atoms with Gasteiger partial charge in [-0.15, -0.1) is 11.7 Å². The number of benzene rings is 1. The van der Waals surface area contributed by atoms with Crippen molar-refractivity contribution in [2.24, 2.45) is 0 Å². The summed E-state index contributed by atoms with van der Waals surface area (Å²) in [6, 6.07) is 6.88. The van der Waals surface area contributed by atoms with Crippen LogP contribution in [-0.2, 0) is 10.0 Å². The average Bonchev–Trinajstić information content (AvgIpc) is 2.17. The highest BCUT2D eigenvalue weighted by atomic mass is 33.1. The van der Waals surface area contributed by atoms with Crippen LogP contribution in [0.25, 0.3) is 0 Å². The molecule has 0 amide bonds. The first kappa shape index (κ1) is 12.9. The van der Waals surface area contributed by atoms with Crippen LogP contribution in [-0.4, -0.2) is 13.8 Å². The second-order valence-corrected chi connectivity index (χ2v) is 6.37. The highest BCUT2D eigenvalue weighted by Crippen LogP contribution is 2.18. The standard InChI is InChI=1S/C9H13NO2S3/c1-7-5-3-4-6-9(7)15(11,12)10-8(2)14-13/h3-6,8,10,13H,1-2H3. The smallest absolute Gasteiger partial charge is 0.207 e. The van der Waals surface area contributed by atoms with Crippen molar-refractivity contribution >= 4 is 32.5 Å². The van der Waals surface area contributed by atoms with Crippen molar-refractivity contribution in [3.63, 3.8) is 0 Å². The topological polar surface area (TPSA) is 46.2 Å². The van der Waals surface area contributed by atoms with Gasteiger partial charge < -0.3 is 0 Å². The molecule has 0 aliphatic rings. The van der Waals surface area contributed by atoms with Gasteiger partial charge in [-0.1, -0.05) is 29.0 Å². The highest BCUT2D eigenvalue weighted by molar-refractivity contribution is 8.68. The summed E-state index contributed by atoms with van der Waals surface area (Å²) in [6.07, 6.45) is 0. The van der Waals surface area contributed by atoms with Crippen molar-refractivity contribution < 1.29 is 8.42 Å². The number of nitrogens with one attached hydrogen (secondary N) is 1. The van der Waals surface area contributed by atoms with Crippen molar-refractivity contribution in [2.45, 2.75) is 24.1 Å². The predicted octanol–water partition coefficient (Wildman–Crippen LogP) is 2.20. The van der Waals surface area contributed by atoms with Gasteiger partial charge in [-0.2, -0.15) is 4.72 Å². The van der Waals surface area contributed by atoms with E-state index in [1.165, 1.54) is 0 Å². The van der Waals surface area contributed by atoms with Crippen LogP contribution in [0.5, 0.6) is 0 Å². The third-order valence-electron chi connectivity index (χ3n) is 1.86. The number of hydrogen-bond acceptors (Lipinski definition) is 4. The van der Waals surface area contributed by atoms with Gasteiger partial charge in [-0.05, 0) is 25.5 Å². The minimum absolute atomic E-state index is 0.252. The number of rotatable bonds is 4. The summed E-state index contributed by atoms with van der Waals surface area (Å²) in [6.45, 7) is 3.51. The summed E-state index contributed by atoms with van der Waals surface area (Å²) >= 11 is 3.96. The molecule has 0 aliphatic heterocycles. The van der Waals surface area contributed by atoms with Gasteiger partial charge in [0.15, 0.2) is 0 Å². The Bertz CT molecular complexity index is 431. The maximum absolute atomic E-state index is 11.9. The molecule has 1 rings (SSSR count). The van der Waals surface area contributed by atoms with Crippen LogP contribution in [0.1, 0.15) is 12.5 Å². The second kappa shape index (κ2) is 5.25. The molecule has 84 valence electrons. The van der Waals surface area contributed by atoms with Gasteiger partial charge in [0.2, 0.25) is 10.0 Å². The molecule has 15 heavy (non-hydrogen) atoms. The van der Waals surface area contributed by atoms with Gasteiger partial charge >= 0.3 is 0 Å². The van der Waals surface area contributed by atoms with Crippen molar-refractivity contribution in [3.05, 3.63) is 29.8 Å². The van der Waals surface area contributed by atoms with Crippen molar-refractivity contribution in [3.8, 4) is 0 Å². The first-order valence-corrected chi connectivity index (χ1v) is 7.77. The fourth-order valence-corrected chi connectivity index (χ4v) is 3.41. The lowest BCUT2D eigenvalue weighted by Gasteiger charge is -2.12. The predicted molar refractivity (Wildman–Crippen MR) is 67.5 cm³/mol. The van der Waals surface area contributed by atoms with E-state index in [0.29, 0.717) is 4.90 Å². The third-order valence-corrected chi connectivity index (χ3v) is 5.10.